The first-order valence-corrected chi connectivity index (χ1v) is 8.29. The van der Waals surface area contributed by atoms with Gasteiger partial charge in [-0.05, 0) is 18.2 Å². The second kappa shape index (κ2) is 6.91. The summed E-state index contributed by atoms with van der Waals surface area (Å²) in [6.45, 7) is 1.56. The van der Waals surface area contributed by atoms with Crippen LogP contribution in [0.3, 0.4) is 0 Å². The van der Waals surface area contributed by atoms with E-state index in [1.165, 1.54) is 0 Å². The Hall–Kier alpha value is -3.29. The zero-order valence-corrected chi connectivity index (χ0v) is 13.9. The van der Waals surface area contributed by atoms with E-state index in [0.717, 1.165) is 18.1 Å². The van der Waals surface area contributed by atoms with Gasteiger partial charge in [0.05, 0.1) is 30.7 Å². The number of carbonyl (C=O) groups excluding carboxylic acids is 1. The number of fused-ring (bicyclic) bond motifs is 1. The maximum absolute atomic E-state index is 13.1. The minimum atomic E-state index is -0.470. The van der Waals surface area contributed by atoms with Crippen molar-refractivity contribution in [2.75, 3.05) is 18.0 Å². The van der Waals surface area contributed by atoms with Crippen LogP contribution in [0.4, 0.5) is 10.3 Å². The van der Waals surface area contributed by atoms with E-state index in [1.807, 2.05) is 33.8 Å². The molecule has 1 aromatic carbocycles. The SMILES string of the molecule is O=C(NCC1CN(c2ncc(F)cn2)Cc2ccnn21)c1ccccc1. The Bertz CT molecular complexity index is 896. The van der Waals surface area contributed by atoms with Crippen LogP contribution in [-0.4, -0.2) is 38.7 Å². The van der Waals surface area contributed by atoms with Crippen LogP contribution in [0, 0.1) is 5.82 Å². The molecule has 0 bridgehead atoms. The van der Waals surface area contributed by atoms with Crippen molar-refractivity contribution in [3.8, 4) is 0 Å². The molecule has 3 aromatic rings. The number of benzene rings is 1. The van der Waals surface area contributed by atoms with Gasteiger partial charge in [-0.2, -0.15) is 5.10 Å². The van der Waals surface area contributed by atoms with Crippen molar-refractivity contribution in [1.82, 2.24) is 25.1 Å². The number of nitrogens with zero attached hydrogens (tertiary/aromatic N) is 5. The minimum absolute atomic E-state index is 0.0740. The average Bonchev–Trinajstić information content (AvgIpc) is 3.16. The summed E-state index contributed by atoms with van der Waals surface area (Å²) in [6.07, 6.45) is 4.04. The number of nitrogens with one attached hydrogen (secondary N) is 1. The molecule has 1 N–H and O–H groups in total. The number of hydrogen-bond acceptors (Lipinski definition) is 5. The van der Waals surface area contributed by atoms with Gasteiger partial charge in [-0.25, -0.2) is 14.4 Å². The Labute approximate surface area is 149 Å². The highest BCUT2D eigenvalue weighted by Gasteiger charge is 2.27. The molecule has 4 rings (SSSR count). The van der Waals surface area contributed by atoms with Crippen molar-refractivity contribution in [2.45, 2.75) is 12.6 Å². The normalized spacial score (nSPS) is 16.2. The van der Waals surface area contributed by atoms with E-state index < -0.39 is 5.82 Å². The second-order valence-electron chi connectivity index (χ2n) is 6.08. The lowest BCUT2D eigenvalue weighted by atomic mass is 10.1. The number of hydrogen-bond donors (Lipinski definition) is 1. The molecule has 1 aliphatic heterocycles. The molecule has 0 spiro atoms. The molecule has 0 saturated heterocycles. The fraction of sp³-hybridized carbons (Fsp3) is 0.222. The van der Waals surface area contributed by atoms with Gasteiger partial charge in [-0.3, -0.25) is 9.48 Å². The van der Waals surface area contributed by atoms with Crippen LogP contribution in [0.1, 0.15) is 22.1 Å². The second-order valence-corrected chi connectivity index (χ2v) is 6.08. The third-order valence-electron chi connectivity index (χ3n) is 4.31. The summed E-state index contributed by atoms with van der Waals surface area (Å²) in [5.74, 6) is -0.143. The highest BCUT2D eigenvalue weighted by atomic mass is 19.1. The summed E-state index contributed by atoms with van der Waals surface area (Å²) < 4.78 is 15.0. The van der Waals surface area contributed by atoms with E-state index in [0.29, 0.717) is 31.1 Å². The third kappa shape index (κ3) is 3.26. The van der Waals surface area contributed by atoms with Gasteiger partial charge in [0.25, 0.3) is 5.91 Å². The van der Waals surface area contributed by atoms with Crippen molar-refractivity contribution < 1.29 is 9.18 Å². The molecular formula is C18H17FN6O. The molecule has 1 amide bonds. The summed E-state index contributed by atoms with van der Waals surface area (Å²) >= 11 is 0. The van der Waals surface area contributed by atoms with E-state index in [4.69, 9.17) is 0 Å². The van der Waals surface area contributed by atoms with Gasteiger partial charge >= 0.3 is 0 Å². The smallest absolute Gasteiger partial charge is 0.251 e. The van der Waals surface area contributed by atoms with Crippen molar-refractivity contribution in [1.29, 1.82) is 0 Å². The largest absolute Gasteiger partial charge is 0.350 e. The summed E-state index contributed by atoms with van der Waals surface area (Å²) in [7, 11) is 0. The maximum Gasteiger partial charge on any atom is 0.251 e. The van der Waals surface area contributed by atoms with Gasteiger partial charge in [0.1, 0.15) is 0 Å². The number of rotatable bonds is 4. The van der Waals surface area contributed by atoms with Gasteiger partial charge in [0.15, 0.2) is 5.82 Å². The van der Waals surface area contributed by atoms with Gasteiger partial charge in [-0.1, -0.05) is 18.2 Å². The average molecular weight is 352 g/mol. The minimum Gasteiger partial charge on any atom is -0.350 e. The third-order valence-corrected chi connectivity index (χ3v) is 4.31. The predicted octanol–water partition coefficient (Wildman–Crippen LogP) is 1.80. The molecule has 1 aliphatic rings. The molecule has 0 aliphatic carbocycles. The van der Waals surface area contributed by atoms with Gasteiger partial charge in [-0.15, -0.1) is 0 Å². The van der Waals surface area contributed by atoms with Gasteiger partial charge in [0.2, 0.25) is 5.95 Å². The molecule has 0 radical (unpaired) electrons. The fourth-order valence-electron chi connectivity index (χ4n) is 3.06. The predicted molar refractivity (Wildman–Crippen MR) is 93.1 cm³/mol. The summed E-state index contributed by atoms with van der Waals surface area (Å²) in [4.78, 5) is 22.4. The molecule has 3 heterocycles. The number of amides is 1. The van der Waals surface area contributed by atoms with Crippen molar-refractivity contribution in [3.63, 3.8) is 0 Å². The lowest BCUT2D eigenvalue weighted by molar-refractivity contribution is 0.0946. The van der Waals surface area contributed by atoms with Crippen molar-refractivity contribution in [2.24, 2.45) is 0 Å². The van der Waals surface area contributed by atoms with Crippen LogP contribution in [0.15, 0.2) is 55.0 Å². The molecule has 132 valence electrons. The van der Waals surface area contributed by atoms with Gasteiger partial charge < -0.3 is 10.2 Å². The Morgan fingerprint density at radius 2 is 1.96 bits per heavy atom. The zero-order chi connectivity index (χ0) is 17.9. The summed E-state index contributed by atoms with van der Waals surface area (Å²) in [5, 5.41) is 7.32. The molecule has 8 heteroatoms. The van der Waals surface area contributed by atoms with Crippen LogP contribution in [0.25, 0.3) is 0 Å². The zero-order valence-electron chi connectivity index (χ0n) is 13.9. The first kappa shape index (κ1) is 16.2. The van der Waals surface area contributed by atoms with E-state index in [-0.39, 0.29) is 11.9 Å². The molecule has 7 nitrogen and oxygen atoms in total. The van der Waals surface area contributed by atoms with Crippen LogP contribution in [0.2, 0.25) is 0 Å². The maximum atomic E-state index is 13.1. The van der Waals surface area contributed by atoms with Crippen LogP contribution in [0.5, 0.6) is 0 Å². The number of aromatic nitrogens is 4. The first-order chi connectivity index (χ1) is 12.7. The standard InChI is InChI=1S/C18H17FN6O/c19-14-8-21-18(22-9-14)24-11-15-6-7-23-25(15)16(12-24)10-20-17(26)13-4-2-1-3-5-13/h1-9,16H,10-12H2,(H,20,26). The lowest BCUT2D eigenvalue weighted by Crippen LogP contribution is -2.43. The fourth-order valence-corrected chi connectivity index (χ4v) is 3.06. The molecule has 1 unspecified atom stereocenters. The van der Waals surface area contributed by atoms with E-state index in [1.54, 1.807) is 18.3 Å². The van der Waals surface area contributed by atoms with Crippen LogP contribution >= 0.6 is 0 Å². The summed E-state index contributed by atoms with van der Waals surface area (Å²) in [6, 6.07) is 10.9. The number of carbonyl (C=O) groups is 1. The van der Waals surface area contributed by atoms with E-state index in [2.05, 4.69) is 20.4 Å². The molecule has 0 fully saturated rings. The Morgan fingerprint density at radius 1 is 1.19 bits per heavy atom. The van der Waals surface area contributed by atoms with E-state index >= 15 is 0 Å². The van der Waals surface area contributed by atoms with Crippen LogP contribution in [-0.2, 0) is 6.54 Å². The number of anilines is 1. The molecule has 0 saturated carbocycles. The topological polar surface area (TPSA) is 75.9 Å². The highest BCUT2D eigenvalue weighted by Crippen LogP contribution is 2.23. The Balaban J connectivity index is 1.50. The summed E-state index contributed by atoms with van der Waals surface area (Å²) in [5.41, 5.74) is 1.60. The first-order valence-electron chi connectivity index (χ1n) is 8.29. The Morgan fingerprint density at radius 3 is 2.73 bits per heavy atom. The van der Waals surface area contributed by atoms with Crippen molar-refractivity contribution in [3.05, 3.63) is 72.1 Å². The Kier molecular flexibility index (Phi) is 4.30. The molecule has 2 aromatic heterocycles. The quantitative estimate of drug-likeness (QED) is 0.775. The molecular weight excluding hydrogens is 335 g/mol. The highest BCUT2D eigenvalue weighted by molar-refractivity contribution is 5.94. The van der Waals surface area contributed by atoms with Crippen LogP contribution < -0.4 is 10.2 Å². The van der Waals surface area contributed by atoms with Gasteiger partial charge in [0, 0.05) is 24.8 Å². The molecule has 1 atom stereocenters. The monoisotopic (exact) mass is 352 g/mol. The number of halogens is 1. The lowest BCUT2D eigenvalue weighted by Gasteiger charge is -2.33. The van der Waals surface area contributed by atoms with Crippen molar-refractivity contribution >= 4 is 11.9 Å². The van der Waals surface area contributed by atoms with E-state index in [9.17, 15) is 9.18 Å². The molecule has 26 heavy (non-hydrogen) atoms.